The number of aliphatic hydroxyl groups excluding tert-OH is 1. The summed E-state index contributed by atoms with van der Waals surface area (Å²) in [4.78, 5) is 14.2. The SMILES string of the molecule is CC(C)CC(O)CNc1cc([N+](=O)[O-])cc(NN)n1. The quantitative estimate of drug-likeness (QED) is 0.331. The molecule has 0 saturated carbocycles. The van der Waals surface area contributed by atoms with E-state index in [-0.39, 0.29) is 18.1 Å². The van der Waals surface area contributed by atoms with Crippen LogP contribution in [-0.4, -0.2) is 27.7 Å². The van der Waals surface area contributed by atoms with Crippen molar-refractivity contribution >= 4 is 17.3 Å². The Morgan fingerprint density at radius 2 is 2.11 bits per heavy atom. The van der Waals surface area contributed by atoms with E-state index in [2.05, 4.69) is 15.7 Å². The lowest BCUT2D eigenvalue weighted by atomic mass is 10.1. The molecule has 5 N–H and O–H groups in total. The van der Waals surface area contributed by atoms with Crippen LogP contribution in [-0.2, 0) is 0 Å². The largest absolute Gasteiger partial charge is 0.391 e. The van der Waals surface area contributed by atoms with Gasteiger partial charge in [-0.15, -0.1) is 0 Å². The topological polar surface area (TPSA) is 126 Å². The summed E-state index contributed by atoms with van der Waals surface area (Å²) in [7, 11) is 0. The van der Waals surface area contributed by atoms with E-state index in [0.29, 0.717) is 18.2 Å². The van der Waals surface area contributed by atoms with Gasteiger partial charge in [-0.3, -0.25) is 10.1 Å². The minimum absolute atomic E-state index is 0.121. The number of anilines is 2. The highest BCUT2D eigenvalue weighted by atomic mass is 16.6. The van der Waals surface area contributed by atoms with Gasteiger partial charge in [0.15, 0.2) is 0 Å². The molecular weight excluding hydrogens is 250 g/mol. The van der Waals surface area contributed by atoms with Crippen LogP contribution in [0.15, 0.2) is 12.1 Å². The fraction of sp³-hybridized carbons (Fsp3) is 0.545. The monoisotopic (exact) mass is 269 g/mol. The Kier molecular flexibility index (Phi) is 5.46. The van der Waals surface area contributed by atoms with E-state index >= 15 is 0 Å². The van der Waals surface area contributed by atoms with Crippen LogP contribution in [0.4, 0.5) is 17.3 Å². The molecule has 106 valence electrons. The number of hydrazine groups is 1. The van der Waals surface area contributed by atoms with Gasteiger partial charge in [-0.2, -0.15) is 0 Å². The number of nitro groups is 1. The summed E-state index contributed by atoms with van der Waals surface area (Å²) in [5.74, 6) is 6.05. The second-order valence-corrected chi connectivity index (χ2v) is 4.66. The maximum Gasteiger partial charge on any atom is 0.276 e. The number of hydrogen-bond donors (Lipinski definition) is 4. The van der Waals surface area contributed by atoms with E-state index in [1.807, 2.05) is 13.8 Å². The van der Waals surface area contributed by atoms with Crippen LogP contribution in [0.25, 0.3) is 0 Å². The van der Waals surface area contributed by atoms with E-state index in [1.165, 1.54) is 12.1 Å². The van der Waals surface area contributed by atoms with Crippen LogP contribution in [0, 0.1) is 16.0 Å². The van der Waals surface area contributed by atoms with Crippen LogP contribution in [0.2, 0.25) is 0 Å². The lowest BCUT2D eigenvalue weighted by Crippen LogP contribution is -2.22. The molecular formula is C11H19N5O3. The molecule has 0 fully saturated rings. The van der Waals surface area contributed by atoms with Crippen molar-refractivity contribution < 1.29 is 10.0 Å². The van der Waals surface area contributed by atoms with Crippen molar-refractivity contribution in [1.29, 1.82) is 0 Å². The van der Waals surface area contributed by atoms with Crippen molar-refractivity contribution in [1.82, 2.24) is 4.98 Å². The van der Waals surface area contributed by atoms with E-state index in [9.17, 15) is 15.2 Å². The molecule has 1 atom stereocenters. The second kappa shape index (κ2) is 6.86. The highest BCUT2D eigenvalue weighted by molar-refractivity contribution is 5.54. The van der Waals surface area contributed by atoms with Gasteiger partial charge in [-0.05, 0) is 12.3 Å². The number of aliphatic hydroxyl groups is 1. The van der Waals surface area contributed by atoms with E-state index in [4.69, 9.17) is 5.84 Å². The smallest absolute Gasteiger partial charge is 0.276 e. The Bertz CT molecular complexity index is 438. The zero-order valence-corrected chi connectivity index (χ0v) is 11.0. The summed E-state index contributed by atoms with van der Waals surface area (Å²) in [6, 6.07) is 2.53. The van der Waals surface area contributed by atoms with Gasteiger partial charge in [-0.25, -0.2) is 10.8 Å². The van der Waals surface area contributed by atoms with Crippen LogP contribution < -0.4 is 16.6 Å². The molecule has 1 aromatic heterocycles. The molecule has 19 heavy (non-hydrogen) atoms. The molecule has 8 nitrogen and oxygen atoms in total. The first-order valence-electron chi connectivity index (χ1n) is 5.97. The minimum Gasteiger partial charge on any atom is -0.391 e. The van der Waals surface area contributed by atoms with Gasteiger partial charge in [0.2, 0.25) is 0 Å². The summed E-state index contributed by atoms with van der Waals surface area (Å²) >= 11 is 0. The first kappa shape index (κ1) is 15.1. The highest BCUT2D eigenvalue weighted by Gasteiger charge is 2.12. The van der Waals surface area contributed by atoms with Crippen LogP contribution >= 0.6 is 0 Å². The Hall–Kier alpha value is -1.93. The highest BCUT2D eigenvalue weighted by Crippen LogP contribution is 2.20. The predicted octanol–water partition coefficient (Wildman–Crippen LogP) is 1.09. The molecule has 0 amide bonds. The maximum absolute atomic E-state index is 10.7. The van der Waals surface area contributed by atoms with Crippen LogP contribution in [0.1, 0.15) is 20.3 Å². The molecule has 1 heterocycles. The third-order valence-electron chi connectivity index (χ3n) is 2.43. The molecule has 0 spiro atoms. The average molecular weight is 269 g/mol. The van der Waals surface area contributed by atoms with Crippen molar-refractivity contribution in [3.63, 3.8) is 0 Å². The molecule has 1 aromatic rings. The number of aromatic nitrogens is 1. The molecule has 0 saturated heterocycles. The molecule has 0 aliphatic carbocycles. The van der Waals surface area contributed by atoms with Crippen LogP contribution in [0.3, 0.4) is 0 Å². The first-order chi connectivity index (χ1) is 8.92. The van der Waals surface area contributed by atoms with E-state index in [1.54, 1.807) is 0 Å². The summed E-state index contributed by atoms with van der Waals surface area (Å²) in [5.41, 5.74) is 2.14. The van der Waals surface area contributed by atoms with Gasteiger partial charge >= 0.3 is 0 Å². The van der Waals surface area contributed by atoms with Crippen molar-refractivity contribution in [3.05, 3.63) is 22.2 Å². The lowest BCUT2D eigenvalue weighted by molar-refractivity contribution is -0.384. The Labute approximate surface area is 111 Å². The third kappa shape index (κ3) is 5.06. The standard InChI is InChI=1S/C11H19N5O3/c1-7(2)3-9(17)6-13-10-4-8(16(18)19)5-11(14-10)15-12/h4-5,7,9,17H,3,6,12H2,1-2H3,(H2,13,14,15). The second-order valence-electron chi connectivity index (χ2n) is 4.66. The molecule has 1 unspecified atom stereocenters. The molecule has 0 aliphatic heterocycles. The number of nitrogens with zero attached hydrogens (tertiary/aromatic N) is 2. The first-order valence-corrected chi connectivity index (χ1v) is 5.97. The predicted molar refractivity (Wildman–Crippen MR) is 72.7 cm³/mol. The normalized spacial score (nSPS) is 12.3. The third-order valence-corrected chi connectivity index (χ3v) is 2.43. The maximum atomic E-state index is 10.7. The van der Waals surface area contributed by atoms with Gasteiger partial charge in [-0.1, -0.05) is 13.8 Å². The molecule has 8 heteroatoms. The number of rotatable bonds is 7. The number of nitrogen functional groups attached to an aromatic ring is 1. The lowest BCUT2D eigenvalue weighted by Gasteiger charge is -2.14. The fourth-order valence-corrected chi connectivity index (χ4v) is 1.64. The van der Waals surface area contributed by atoms with Crippen molar-refractivity contribution in [2.45, 2.75) is 26.4 Å². The van der Waals surface area contributed by atoms with Crippen molar-refractivity contribution in [3.8, 4) is 0 Å². The van der Waals surface area contributed by atoms with E-state index < -0.39 is 11.0 Å². The van der Waals surface area contributed by atoms with Gasteiger partial charge in [0.05, 0.1) is 23.2 Å². The summed E-state index contributed by atoms with van der Waals surface area (Å²) < 4.78 is 0. The number of hydrogen-bond acceptors (Lipinski definition) is 7. The van der Waals surface area contributed by atoms with Gasteiger partial charge < -0.3 is 15.8 Å². The fourth-order valence-electron chi connectivity index (χ4n) is 1.64. The molecule has 1 rings (SSSR count). The van der Waals surface area contributed by atoms with Gasteiger partial charge in [0.25, 0.3) is 5.69 Å². The van der Waals surface area contributed by atoms with Crippen molar-refractivity contribution in [2.75, 3.05) is 17.3 Å². The summed E-state index contributed by atoms with van der Waals surface area (Å²) in [6.45, 7) is 4.28. The summed E-state index contributed by atoms with van der Waals surface area (Å²) in [6.07, 6.45) is 0.111. The zero-order valence-electron chi connectivity index (χ0n) is 11.0. The average Bonchev–Trinajstić information content (AvgIpc) is 2.35. The summed E-state index contributed by atoms with van der Waals surface area (Å²) in [5, 5.41) is 23.3. The number of pyridine rings is 1. The Morgan fingerprint density at radius 1 is 1.47 bits per heavy atom. The van der Waals surface area contributed by atoms with Gasteiger partial charge in [0, 0.05) is 6.54 Å². The zero-order chi connectivity index (χ0) is 14.4. The molecule has 0 bridgehead atoms. The molecule has 0 aromatic carbocycles. The van der Waals surface area contributed by atoms with Crippen molar-refractivity contribution in [2.24, 2.45) is 11.8 Å². The Morgan fingerprint density at radius 3 is 2.63 bits per heavy atom. The van der Waals surface area contributed by atoms with Crippen LogP contribution in [0.5, 0.6) is 0 Å². The number of nitrogens with one attached hydrogen (secondary N) is 2. The van der Waals surface area contributed by atoms with Gasteiger partial charge in [0.1, 0.15) is 11.6 Å². The van der Waals surface area contributed by atoms with E-state index in [0.717, 1.165) is 0 Å². The molecule has 0 aliphatic rings. The Balaban J connectivity index is 2.72. The molecule has 0 radical (unpaired) electrons. The minimum atomic E-state index is -0.532. The number of nitrogens with two attached hydrogens (primary N) is 1.